The topological polar surface area (TPSA) is 128 Å². The molecular formula is C22H19F3N4O6. The Balaban J connectivity index is 1.39. The van der Waals surface area contributed by atoms with Crippen LogP contribution in [0.15, 0.2) is 24.5 Å². The fourth-order valence-electron chi connectivity index (χ4n) is 3.78. The molecule has 2 aliphatic rings. The number of benzene rings is 1. The van der Waals surface area contributed by atoms with Gasteiger partial charge in [0, 0.05) is 37.5 Å². The van der Waals surface area contributed by atoms with Crippen LogP contribution in [0, 0.1) is 23.4 Å². The first-order valence-corrected chi connectivity index (χ1v) is 10.6. The number of carbonyl (C=O) groups is 4. The van der Waals surface area contributed by atoms with Crippen molar-refractivity contribution < 1.29 is 41.8 Å². The van der Waals surface area contributed by atoms with Crippen LogP contribution in [-0.4, -0.2) is 64.2 Å². The number of Topliss-reactive ketones (excluding diaryl/α,β-unsaturated/α-hetero) is 1. The summed E-state index contributed by atoms with van der Waals surface area (Å²) in [4.78, 5) is 59.3. The highest BCUT2D eigenvalue weighted by molar-refractivity contribution is 5.94. The molecule has 3 heterocycles. The van der Waals surface area contributed by atoms with Gasteiger partial charge in [-0.2, -0.15) is 4.39 Å². The minimum Gasteiger partial charge on any atom is -0.479 e. The normalized spacial score (nSPS) is 18.9. The third-order valence-electron chi connectivity index (χ3n) is 5.65. The number of nitrogens with one attached hydrogen (secondary N) is 1. The molecule has 2 amide bonds. The summed E-state index contributed by atoms with van der Waals surface area (Å²) in [5.74, 6) is -10.0. The Morgan fingerprint density at radius 1 is 1.03 bits per heavy atom. The average molecular weight is 492 g/mol. The number of amides is 2. The van der Waals surface area contributed by atoms with Crippen molar-refractivity contribution in [3.8, 4) is 11.5 Å². The number of ketones is 1. The second-order valence-electron chi connectivity index (χ2n) is 7.95. The maximum Gasteiger partial charge on any atom is 0.313 e. The van der Waals surface area contributed by atoms with Crippen molar-refractivity contribution in [1.82, 2.24) is 20.2 Å². The second-order valence-corrected chi connectivity index (χ2v) is 7.95. The molecule has 35 heavy (non-hydrogen) atoms. The van der Waals surface area contributed by atoms with Crippen LogP contribution < -0.4 is 14.8 Å². The van der Waals surface area contributed by atoms with Crippen molar-refractivity contribution >= 4 is 23.6 Å². The molecule has 1 unspecified atom stereocenters. The first kappa shape index (κ1) is 24.1. The molecule has 0 aliphatic carbocycles. The van der Waals surface area contributed by atoms with Crippen LogP contribution in [0.3, 0.4) is 0 Å². The molecule has 1 N–H and O–H groups in total. The summed E-state index contributed by atoms with van der Waals surface area (Å²) in [6.45, 7) is -0.366. The molecule has 184 valence electrons. The molecule has 1 saturated heterocycles. The first-order valence-electron chi connectivity index (χ1n) is 10.6. The van der Waals surface area contributed by atoms with E-state index in [1.54, 1.807) is 6.07 Å². The van der Waals surface area contributed by atoms with Crippen LogP contribution >= 0.6 is 0 Å². The van der Waals surface area contributed by atoms with Crippen molar-refractivity contribution in [2.45, 2.75) is 25.3 Å². The number of carbonyl (C=O) groups excluding carboxylic acids is 4. The monoisotopic (exact) mass is 492 g/mol. The number of hydrogen-bond acceptors (Lipinski definition) is 8. The van der Waals surface area contributed by atoms with Crippen LogP contribution in [0.25, 0.3) is 0 Å². The third-order valence-corrected chi connectivity index (χ3v) is 5.65. The van der Waals surface area contributed by atoms with E-state index in [1.807, 2.05) is 0 Å². The second kappa shape index (κ2) is 10.1. The van der Waals surface area contributed by atoms with Gasteiger partial charge in [0.2, 0.25) is 29.0 Å². The lowest BCUT2D eigenvalue weighted by molar-refractivity contribution is -0.138. The van der Waals surface area contributed by atoms with Crippen molar-refractivity contribution in [3.63, 3.8) is 0 Å². The summed E-state index contributed by atoms with van der Waals surface area (Å²) in [5.41, 5.74) is 0. The Labute approximate surface area is 196 Å². The number of ether oxygens (including phenoxy) is 2. The Morgan fingerprint density at radius 2 is 1.71 bits per heavy atom. The molecule has 10 nitrogen and oxygen atoms in total. The summed E-state index contributed by atoms with van der Waals surface area (Å²) in [7, 11) is 0. The number of fused-ring (bicyclic) bond motifs is 1. The number of rotatable bonds is 3. The van der Waals surface area contributed by atoms with Gasteiger partial charge in [-0.05, 0) is 18.9 Å². The Morgan fingerprint density at radius 3 is 2.40 bits per heavy atom. The van der Waals surface area contributed by atoms with E-state index >= 15 is 0 Å². The number of piperidine rings is 1. The van der Waals surface area contributed by atoms with Gasteiger partial charge in [-0.15, -0.1) is 0 Å². The molecular weight excluding hydrogens is 473 g/mol. The summed E-state index contributed by atoms with van der Waals surface area (Å²) >= 11 is 0. The molecule has 1 aromatic heterocycles. The van der Waals surface area contributed by atoms with Crippen LogP contribution in [0.5, 0.6) is 11.5 Å². The quantitative estimate of drug-likeness (QED) is 0.385. The Kier molecular flexibility index (Phi) is 6.94. The Bertz CT molecular complexity index is 1170. The van der Waals surface area contributed by atoms with Gasteiger partial charge >= 0.3 is 5.97 Å². The molecule has 0 bridgehead atoms. The minimum absolute atomic E-state index is 0.0406. The number of esters is 1. The van der Waals surface area contributed by atoms with Crippen LogP contribution in [0.1, 0.15) is 29.9 Å². The van der Waals surface area contributed by atoms with Gasteiger partial charge in [0.15, 0.2) is 17.4 Å². The lowest BCUT2D eigenvalue weighted by Crippen LogP contribution is -2.49. The van der Waals surface area contributed by atoms with E-state index < -0.39 is 71.6 Å². The maximum absolute atomic E-state index is 14.0. The zero-order valence-electron chi connectivity index (χ0n) is 18.1. The summed E-state index contributed by atoms with van der Waals surface area (Å²) < 4.78 is 51.3. The smallest absolute Gasteiger partial charge is 0.313 e. The molecule has 13 heteroatoms. The maximum atomic E-state index is 14.0. The van der Waals surface area contributed by atoms with Crippen LogP contribution in [-0.2, 0) is 14.4 Å². The summed E-state index contributed by atoms with van der Waals surface area (Å²) in [5, 5.41) is 2.45. The number of nitrogens with zero attached hydrogens (tertiary/aromatic N) is 3. The SMILES string of the molecule is O=C1CC(NC(=O)C2CCN(C(=O)c3ncccn3)CC2)C(=O)COc2c(F)c(F)cc(F)c2O1. The van der Waals surface area contributed by atoms with E-state index in [-0.39, 0.29) is 43.7 Å². The van der Waals surface area contributed by atoms with Crippen molar-refractivity contribution in [2.24, 2.45) is 5.92 Å². The summed E-state index contributed by atoms with van der Waals surface area (Å²) in [6, 6.07) is 0.374. The first-order chi connectivity index (χ1) is 16.7. The van der Waals surface area contributed by atoms with E-state index in [0.717, 1.165) is 0 Å². The van der Waals surface area contributed by atoms with Gasteiger partial charge in [-0.25, -0.2) is 18.7 Å². The van der Waals surface area contributed by atoms with Gasteiger partial charge in [0.1, 0.15) is 12.6 Å². The van der Waals surface area contributed by atoms with Crippen LogP contribution in [0.2, 0.25) is 0 Å². The van der Waals surface area contributed by atoms with E-state index in [0.29, 0.717) is 0 Å². The number of aromatic nitrogens is 2. The number of likely N-dealkylation sites (tertiary alicyclic amines) is 1. The number of hydrogen-bond donors (Lipinski definition) is 1. The largest absolute Gasteiger partial charge is 0.479 e. The molecule has 2 aromatic rings. The van der Waals surface area contributed by atoms with E-state index in [2.05, 4.69) is 15.3 Å². The molecule has 0 radical (unpaired) electrons. The third kappa shape index (κ3) is 5.23. The molecule has 4 rings (SSSR count). The van der Waals surface area contributed by atoms with Crippen molar-refractivity contribution in [3.05, 3.63) is 47.8 Å². The molecule has 0 saturated carbocycles. The fourth-order valence-corrected chi connectivity index (χ4v) is 3.78. The van der Waals surface area contributed by atoms with Crippen LogP contribution in [0.4, 0.5) is 13.2 Å². The van der Waals surface area contributed by atoms with Gasteiger partial charge in [-0.1, -0.05) is 0 Å². The van der Waals surface area contributed by atoms with Gasteiger partial charge in [0.25, 0.3) is 5.91 Å². The standard InChI is InChI=1S/C22H19F3N4O6/c23-12-8-13(24)18-19(17(12)25)34-10-15(30)14(9-16(31)35-18)28-21(32)11-2-6-29(7-3-11)22(33)20-26-4-1-5-27-20/h1,4-5,8,11,14H,2-3,6-7,9-10H2,(H,28,32). The minimum atomic E-state index is -1.62. The molecule has 1 atom stereocenters. The Hall–Kier alpha value is -4.03. The lowest BCUT2D eigenvalue weighted by Gasteiger charge is -2.31. The fraction of sp³-hybridized carbons (Fsp3) is 0.364. The highest BCUT2D eigenvalue weighted by Crippen LogP contribution is 2.36. The van der Waals surface area contributed by atoms with E-state index in [9.17, 15) is 32.3 Å². The van der Waals surface area contributed by atoms with Gasteiger partial charge < -0.3 is 19.7 Å². The average Bonchev–Trinajstić information content (AvgIpc) is 2.91. The highest BCUT2D eigenvalue weighted by atomic mass is 19.2. The van der Waals surface area contributed by atoms with Crippen molar-refractivity contribution in [1.29, 1.82) is 0 Å². The predicted octanol–water partition coefficient (Wildman–Crippen LogP) is 1.19. The molecule has 1 aromatic carbocycles. The predicted molar refractivity (Wildman–Crippen MR) is 110 cm³/mol. The highest BCUT2D eigenvalue weighted by Gasteiger charge is 2.34. The van der Waals surface area contributed by atoms with Gasteiger partial charge in [0.05, 0.1) is 6.42 Å². The molecule has 0 spiro atoms. The molecule has 2 aliphatic heterocycles. The van der Waals surface area contributed by atoms with Crippen molar-refractivity contribution in [2.75, 3.05) is 19.7 Å². The number of halogens is 3. The molecule has 1 fully saturated rings. The zero-order chi connectivity index (χ0) is 25.1. The lowest BCUT2D eigenvalue weighted by atomic mass is 9.95. The van der Waals surface area contributed by atoms with E-state index in [1.165, 1.54) is 17.3 Å². The summed E-state index contributed by atoms with van der Waals surface area (Å²) in [6.07, 6.45) is 2.79. The van der Waals surface area contributed by atoms with Gasteiger partial charge in [-0.3, -0.25) is 19.2 Å². The zero-order valence-corrected chi connectivity index (χ0v) is 18.1. The van der Waals surface area contributed by atoms with E-state index in [4.69, 9.17) is 9.47 Å².